The fraction of sp³-hybridized carbons (Fsp3) is 0.591. The second kappa shape index (κ2) is 17.2. The standard InChI is InChI=1S/C12H20O2.C10H18O/c1-10(2)6-5-7-11(3)8-9-14-12(4)13;1-9(2)5-4-6-10(3)7-8-11/h1,3,5-9H2,2,4H3;11H,1,3-8H2,2H3. The van der Waals surface area contributed by atoms with Crippen molar-refractivity contribution in [2.45, 2.75) is 72.1 Å². The Bertz CT molecular complexity index is 411. The molecule has 0 saturated carbocycles. The number of hydrogen-bond donors (Lipinski definition) is 1. The molecule has 0 aliphatic heterocycles. The predicted octanol–water partition coefficient (Wildman–Crippen LogP) is 5.91. The van der Waals surface area contributed by atoms with E-state index in [9.17, 15) is 4.79 Å². The van der Waals surface area contributed by atoms with Gasteiger partial charge in [0.15, 0.2) is 0 Å². The Morgan fingerprint density at radius 2 is 1.20 bits per heavy atom. The van der Waals surface area contributed by atoms with Gasteiger partial charge in [-0.05, 0) is 58.8 Å². The van der Waals surface area contributed by atoms with Crippen molar-refractivity contribution in [3.8, 4) is 0 Å². The largest absolute Gasteiger partial charge is 0.466 e. The quantitative estimate of drug-likeness (QED) is 0.331. The Labute approximate surface area is 155 Å². The molecular formula is C22H38O3. The third kappa shape index (κ3) is 24.8. The number of allylic oxidation sites excluding steroid dienone is 2. The summed E-state index contributed by atoms with van der Waals surface area (Å²) in [6, 6.07) is 0. The molecule has 0 saturated heterocycles. The van der Waals surface area contributed by atoms with Crippen LogP contribution in [0.25, 0.3) is 0 Å². The van der Waals surface area contributed by atoms with Gasteiger partial charge in [-0.3, -0.25) is 4.79 Å². The second-order valence-corrected chi connectivity index (χ2v) is 6.68. The number of carbonyl (C=O) groups excluding carboxylic acids is 1. The van der Waals surface area contributed by atoms with Crippen molar-refractivity contribution in [1.82, 2.24) is 0 Å². The molecule has 0 aliphatic rings. The predicted molar refractivity (Wildman–Crippen MR) is 109 cm³/mol. The van der Waals surface area contributed by atoms with Gasteiger partial charge in [0, 0.05) is 20.0 Å². The third-order valence-electron chi connectivity index (χ3n) is 3.49. The van der Waals surface area contributed by atoms with Crippen molar-refractivity contribution < 1.29 is 14.6 Å². The van der Waals surface area contributed by atoms with Crippen LogP contribution in [0.1, 0.15) is 72.1 Å². The molecule has 1 N–H and O–H groups in total. The molecule has 0 rings (SSSR count). The van der Waals surface area contributed by atoms with E-state index in [1.165, 1.54) is 18.1 Å². The number of aliphatic hydroxyl groups is 1. The Morgan fingerprint density at radius 1 is 0.760 bits per heavy atom. The van der Waals surface area contributed by atoms with E-state index < -0.39 is 0 Å². The number of ether oxygens (including phenoxy) is 1. The van der Waals surface area contributed by atoms with Gasteiger partial charge in [0.05, 0.1) is 6.61 Å². The van der Waals surface area contributed by atoms with Crippen molar-refractivity contribution in [1.29, 1.82) is 0 Å². The minimum atomic E-state index is -0.222. The van der Waals surface area contributed by atoms with E-state index in [-0.39, 0.29) is 12.6 Å². The van der Waals surface area contributed by atoms with Gasteiger partial charge in [0.1, 0.15) is 0 Å². The van der Waals surface area contributed by atoms with Gasteiger partial charge < -0.3 is 9.84 Å². The molecule has 0 fully saturated rings. The van der Waals surface area contributed by atoms with Gasteiger partial charge >= 0.3 is 5.97 Å². The molecule has 0 bridgehead atoms. The minimum absolute atomic E-state index is 0.222. The summed E-state index contributed by atoms with van der Waals surface area (Å²) in [5, 5.41) is 8.57. The maximum Gasteiger partial charge on any atom is 0.302 e. The highest BCUT2D eigenvalue weighted by atomic mass is 16.5. The molecule has 0 aromatic heterocycles. The summed E-state index contributed by atoms with van der Waals surface area (Å²) in [6.07, 6.45) is 7.87. The zero-order valence-corrected chi connectivity index (χ0v) is 16.7. The first-order valence-electron chi connectivity index (χ1n) is 9.05. The highest BCUT2D eigenvalue weighted by Gasteiger charge is 1.97. The second-order valence-electron chi connectivity index (χ2n) is 6.68. The van der Waals surface area contributed by atoms with E-state index in [1.807, 2.05) is 13.8 Å². The van der Waals surface area contributed by atoms with E-state index in [0.717, 1.165) is 62.5 Å². The molecule has 3 nitrogen and oxygen atoms in total. The molecule has 0 radical (unpaired) electrons. The third-order valence-corrected chi connectivity index (χ3v) is 3.49. The highest BCUT2D eigenvalue weighted by molar-refractivity contribution is 5.65. The van der Waals surface area contributed by atoms with E-state index in [2.05, 4.69) is 26.3 Å². The van der Waals surface area contributed by atoms with Crippen LogP contribution in [0.3, 0.4) is 0 Å². The lowest BCUT2D eigenvalue weighted by Gasteiger charge is -2.05. The van der Waals surface area contributed by atoms with Crippen LogP contribution in [0.5, 0.6) is 0 Å². The van der Waals surface area contributed by atoms with Gasteiger partial charge in [-0.25, -0.2) is 0 Å². The Kier molecular flexibility index (Phi) is 17.7. The van der Waals surface area contributed by atoms with Crippen molar-refractivity contribution in [3.05, 3.63) is 48.6 Å². The summed E-state index contributed by atoms with van der Waals surface area (Å²) in [6.45, 7) is 21.6. The number of esters is 1. The van der Waals surface area contributed by atoms with Crippen LogP contribution in [0.15, 0.2) is 48.6 Å². The maximum absolute atomic E-state index is 10.5. The highest BCUT2D eigenvalue weighted by Crippen LogP contribution is 2.12. The van der Waals surface area contributed by atoms with Crippen LogP contribution >= 0.6 is 0 Å². The molecule has 0 aromatic rings. The van der Waals surface area contributed by atoms with Gasteiger partial charge in [0.2, 0.25) is 0 Å². The van der Waals surface area contributed by atoms with Crippen molar-refractivity contribution in [2.24, 2.45) is 0 Å². The summed E-state index contributed by atoms with van der Waals surface area (Å²) in [5.74, 6) is -0.222. The fourth-order valence-electron chi connectivity index (χ4n) is 2.03. The summed E-state index contributed by atoms with van der Waals surface area (Å²) in [4.78, 5) is 10.5. The Balaban J connectivity index is 0. The van der Waals surface area contributed by atoms with Crippen molar-refractivity contribution >= 4 is 5.97 Å². The lowest BCUT2D eigenvalue weighted by molar-refractivity contribution is -0.140. The van der Waals surface area contributed by atoms with E-state index >= 15 is 0 Å². The van der Waals surface area contributed by atoms with E-state index in [4.69, 9.17) is 9.84 Å². The lowest BCUT2D eigenvalue weighted by atomic mass is 10.1. The molecule has 144 valence electrons. The SMILES string of the molecule is C=C(C)CCCC(=C)CCO.C=C(C)CCCC(=C)CCOC(C)=O. The molecule has 0 amide bonds. The van der Waals surface area contributed by atoms with Crippen molar-refractivity contribution in [3.63, 3.8) is 0 Å². The van der Waals surface area contributed by atoms with Gasteiger partial charge in [0.25, 0.3) is 0 Å². The van der Waals surface area contributed by atoms with Gasteiger partial charge in [-0.1, -0.05) is 35.5 Å². The monoisotopic (exact) mass is 350 g/mol. The van der Waals surface area contributed by atoms with Gasteiger partial charge in [-0.15, -0.1) is 13.2 Å². The summed E-state index contributed by atoms with van der Waals surface area (Å²) in [5.41, 5.74) is 4.72. The summed E-state index contributed by atoms with van der Waals surface area (Å²) < 4.78 is 4.82. The number of aliphatic hydroxyl groups excluding tert-OH is 1. The average Bonchev–Trinajstić information content (AvgIpc) is 2.47. The summed E-state index contributed by atoms with van der Waals surface area (Å²) >= 11 is 0. The first-order valence-corrected chi connectivity index (χ1v) is 9.05. The molecule has 0 unspecified atom stereocenters. The Morgan fingerprint density at radius 3 is 1.56 bits per heavy atom. The zero-order chi connectivity index (χ0) is 19.7. The summed E-state index contributed by atoms with van der Waals surface area (Å²) in [7, 11) is 0. The van der Waals surface area contributed by atoms with Crippen LogP contribution in [0.2, 0.25) is 0 Å². The van der Waals surface area contributed by atoms with E-state index in [0.29, 0.717) is 6.61 Å². The molecule has 0 atom stereocenters. The lowest BCUT2D eigenvalue weighted by Crippen LogP contribution is -2.01. The number of hydrogen-bond acceptors (Lipinski definition) is 3. The van der Waals surface area contributed by atoms with Crippen LogP contribution in [0.4, 0.5) is 0 Å². The first kappa shape index (κ1) is 25.6. The molecular weight excluding hydrogens is 312 g/mol. The number of rotatable bonds is 13. The van der Waals surface area contributed by atoms with Crippen LogP contribution in [0, 0.1) is 0 Å². The Hall–Kier alpha value is -1.61. The van der Waals surface area contributed by atoms with E-state index in [1.54, 1.807) is 0 Å². The van der Waals surface area contributed by atoms with Crippen molar-refractivity contribution in [2.75, 3.05) is 13.2 Å². The van der Waals surface area contributed by atoms with Gasteiger partial charge in [-0.2, -0.15) is 0 Å². The average molecular weight is 351 g/mol. The normalized spacial score (nSPS) is 9.60. The molecule has 0 aliphatic carbocycles. The molecule has 0 spiro atoms. The molecule has 3 heteroatoms. The first-order chi connectivity index (χ1) is 11.7. The molecule has 25 heavy (non-hydrogen) atoms. The van der Waals surface area contributed by atoms with Crippen LogP contribution in [-0.2, 0) is 9.53 Å². The smallest absolute Gasteiger partial charge is 0.302 e. The van der Waals surface area contributed by atoms with Crippen LogP contribution in [-0.4, -0.2) is 24.3 Å². The maximum atomic E-state index is 10.5. The topological polar surface area (TPSA) is 46.5 Å². The van der Waals surface area contributed by atoms with Crippen LogP contribution < -0.4 is 0 Å². The minimum Gasteiger partial charge on any atom is -0.466 e. The molecule has 0 heterocycles. The number of carbonyl (C=O) groups is 1. The zero-order valence-electron chi connectivity index (χ0n) is 16.7. The fourth-order valence-corrected chi connectivity index (χ4v) is 2.03. The molecule has 0 aromatic carbocycles.